The van der Waals surface area contributed by atoms with Crippen molar-refractivity contribution < 1.29 is 18.3 Å². The summed E-state index contributed by atoms with van der Waals surface area (Å²) >= 11 is 3.17. The summed E-state index contributed by atoms with van der Waals surface area (Å²) in [6.45, 7) is 1.43. The van der Waals surface area contributed by atoms with Crippen LogP contribution in [0.5, 0.6) is 0 Å². The van der Waals surface area contributed by atoms with Crippen LogP contribution in [-0.4, -0.2) is 12.6 Å². The average Bonchev–Trinajstić information content (AvgIpc) is 2.29. The Morgan fingerprint density at radius 3 is 2.75 bits per heavy atom. The standard InChI is InChI=1S/C11H11BrF2O2/c1-2-16-10(15)11(13,14)9-5-3-4-8(6-9)7-12/h3-6H,2,7H2,1H3. The molecule has 0 aliphatic carbocycles. The van der Waals surface area contributed by atoms with Crippen molar-refractivity contribution in [1.29, 1.82) is 0 Å². The van der Waals surface area contributed by atoms with E-state index < -0.39 is 11.9 Å². The highest BCUT2D eigenvalue weighted by Crippen LogP contribution is 2.30. The maximum Gasteiger partial charge on any atom is 0.381 e. The van der Waals surface area contributed by atoms with Crippen molar-refractivity contribution in [2.75, 3.05) is 6.61 Å². The van der Waals surface area contributed by atoms with Crippen LogP contribution < -0.4 is 0 Å². The van der Waals surface area contributed by atoms with Gasteiger partial charge in [0.1, 0.15) is 0 Å². The van der Waals surface area contributed by atoms with E-state index in [9.17, 15) is 13.6 Å². The van der Waals surface area contributed by atoms with Crippen LogP contribution in [0, 0.1) is 0 Å². The Morgan fingerprint density at radius 1 is 1.50 bits per heavy atom. The van der Waals surface area contributed by atoms with Gasteiger partial charge in [0.15, 0.2) is 0 Å². The Kier molecular flexibility index (Phi) is 4.41. The maximum atomic E-state index is 13.6. The SMILES string of the molecule is CCOC(=O)C(F)(F)c1cccc(CBr)c1. The van der Waals surface area contributed by atoms with Crippen molar-refractivity contribution in [2.24, 2.45) is 0 Å². The fraction of sp³-hybridized carbons (Fsp3) is 0.364. The van der Waals surface area contributed by atoms with Gasteiger partial charge < -0.3 is 4.74 Å². The molecule has 0 spiro atoms. The smallest absolute Gasteiger partial charge is 0.381 e. The lowest BCUT2D eigenvalue weighted by atomic mass is 10.1. The van der Waals surface area contributed by atoms with E-state index in [-0.39, 0.29) is 12.2 Å². The number of benzene rings is 1. The van der Waals surface area contributed by atoms with Crippen molar-refractivity contribution in [3.63, 3.8) is 0 Å². The molecule has 0 aliphatic heterocycles. The first-order valence-electron chi connectivity index (χ1n) is 4.72. The molecule has 1 aromatic rings. The van der Waals surface area contributed by atoms with Crippen LogP contribution in [0.3, 0.4) is 0 Å². The summed E-state index contributed by atoms with van der Waals surface area (Å²) in [5.74, 6) is -5.10. The molecule has 2 nitrogen and oxygen atoms in total. The van der Waals surface area contributed by atoms with Crippen LogP contribution in [0.15, 0.2) is 24.3 Å². The largest absolute Gasteiger partial charge is 0.461 e. The summed E-state index contributed by atoms with van der Waals surface area (Å²) in [6, 6.07) is 5.67. The summed E-state index contributed by atoms with van der Waals surface area (Å²) in [4.78, 5) is 11.1. The number of ether oxygens (including phenoxy) is 1. The molecule has 0 aromatic heterocycles. The number of alkyl halides is 3. The van der Waals surface area contributed by atoms with Gasteiger partial charge in [0, 0.05) is 10.9 Å². The summed E-state index contributed by atoms with van der Waals surface area (Å²) in [5, 5.41) is 0.458. The Hall–Kier alpha value is -0.970. The number of hydrogen-bond acceptors (Lipinski definition) is 2. The van der Waals surface area contributed by atoms with E-state index >= 15 is 0 Å². The van der Waals surface area contributed by atoms with E-state index in [1.165, 1.54) is 25.1 Å². The minimum absolute atomic E-state index is 0.0629. The molecule has 0 saturated carbocycles. The minimum atomic E-state index is -3.59. The molecule has 1 aromatic carbocycles. The van der Waals surface area contributed by atoms with Crippen LogP contribution >= 0.6 is 15.9 Å². The van der Waals surface area contributed by atoms with Gasteiger partial charge in [-0.25, -0.2) is 4.79 Å². The van der Waals surface area contributed by atoms with E-state index in [1.54, 1.807) is 6.07 Å². The van der Waals surface area contributed by atoms with Crippen LogP contribution in [-0.2, 0) is 20.8 Å². The monoisotopic (exact) mass is 292 g/mol. The highest BCUT2D eigenvalue weighted by molar-refractivity contribution is 9.08. The first kappa shape index (κ1) is 13.1. The van der Waals surface area contributed by atoms with Gasteiger partial charge in [0.05, 0.1) is 6.61 Å². The average molecular weight is 293 g/mol. The fourth-order valence-corrected chi connectivity index (χ4v) is 1.54. The number of esters is 1. The lowest BCUT2D eigenvalue weighted by Crippen LogP contribution is -2.28. The highest BCUT2D eigenvalue weighted by atomic mass is 79.9. The van der Waals surface area contributed by atoms with Crippen LogP contribution in [0.1, 0.15) is 18.1 Å². The first-order valence-corrected chi connectivity index (χ1v) is 5.85. The zero-order valence-electron chi connectivity index (χ0n) is 8.67. The number of halogens is 3. The third-order valence-corrected chi connectivity index (χ3v) is 2.62. The molecule has 0 heterocycles. The predicted molar refractivity (Wildman–Crippen MR) is 59.6 cm³/mol. The van der Waals surface area contributed by atoms with Crippen molar-refractivity contribution in [1.82, 2.24) is 0 Å². The topological polar surface area (TPSA) is 26.3 Å². The van der Waals surface area contributed by atoms with Crippen molar-refractivity contribution in [3.05, 3.63) is 35.4 Å². The third-order valence-electron chi connectivity index (χ3n) is 1.98. The Labute approximate surface area is 101 Å². The van der Waals surface area contributed by atoms with Gasteiger partial charge in [0.25, 0.3) is 0 Å². The molecule has 0 saturated heterocycles. The van der Waals surface area contributed by atoms with Crippen LogP contribution in [0.2, 0.25) is 0 Å². The lowest BCUT2D eigenvalue weighted by Gasteiger charge is -2.15. The van der Waals surface area contributed by atoms with Gasteiger partial charge in [-0.05, 0) is 18.6 Å². The zero-order valence-corrected chi connectivity index (χ0v) is 10.3. The highest BCUT2D eigenvalue weighted by Gasteiger charge is 2.42. The molecule has 0 radical (unpaired) electrons. The molecular formula is C11H11BrF2O2. The van der Waals surface area contributed by atoms with Gasteiger partial charge >= 0.3 is 11.9 Å². The number of carbonyl (C=O) groups is 1. The molecule has 0 bridgehead atoms. The summed E-state index contributed by atoms with van der Waals surface area (Å²) in [5.41, 5.74) is 0.337. The second kappa shape index (κ2) is 5.39. The van der Waals surface area contributed by atoms with E-state index in [1.807, 2.05) is 0 Å². The van der Waals surface area contributed by atoms with Gasteiger partial charge in [-0.15, -0.1) is 0 Å². The molecule has 1 rings (SSSR count). The third kappa shape index (κ3) is 2.78. The van der Waals surface area contributed by atoms with E-state index in [4.69, 9.17) is 0 Å². The molecule has 0 fully saturated rings. The molecule has 88 valence electrons. The second-order valence-corrected chi connectivity index (χ2v) is 3.69. The normalized spacial score (nSPS) is 11.2. The van der Waals surface area contributed by atoms with Gasteiger partial charge in [-0.2, -0.15) is 8.78 Å². The van der Waals surface area contributed by atoms with Crippen molar-refractivity contribution in [2.45, 2.75) is 18.2 Å². The zero-order chi connectivity index (χ0) is 12.2. The molecule has 0 N–H and O–H groups in total. The maximum absolute atomic E-state index is 13.6. The fourth-order valence-electron chi connectivity index (χ4n) is 1.19. The summed E-state index contributed by atoms with van der Waals surface area (Å²) in [7, 11) is 0. The number of carbonyl (C=O) groups excluding carboxylic acids is 1. The van der Waals surface area contributed by atoms with Crippen LogP contribution in [0.4, 0.5) is 8.78 Å². The van der Waals surface area contributed by atoms with Crippen molar-refractivity contribution in [3.8, 4) is 0 Å². The van der Waals surface area contributed by atoms with Crippen LogP contribution in [0.25, 0.3) is 0 Å². The van der Waals surface area contributed by atoms with E-state index in [0.29, 0.717) is 10.9 Å². The van der Waals surface area contributed by atoms with Gasteiger partial charge in [-0.3, -0.25) is 0 Å². The van der Waals surface area contributed by atoms with Gasteiger partial charge in [0.2, 0.25) is 0 Å². The Morgan fingerprint density at radius 2 is 2.19 bits per heavy atom. The minimum Gasteiger partial charge on any atom is -0.461 e. The van der Waals surface area contributed by atoms with Crippen molar-refractivity contribution >= 4 is 21.9 Å². The molecular weight excluding hydrogens is 282 g/mol. The van der Waals surface area contributed by atoms with E-state index in [0.717, 1.165) is 0 Å². The summed E-state index contributed by atoms with van der Waals surface area (Å²) < 4.78 is 31.5. The van der Waals surface area contributed by atoms with Gasteiger partial charge in [-0.1, -0.05) is 34.1 Å². The predicted octanol–water partition coefficient (Wildman–Crippen LogP) is 3.24. The Balaban J connectivity index is 3.01. The Bertz CT molecular complexity index is 380. The molecule has 0 amide bonds. The molecule has 5 heteroatoms. The number of hydrogen-bond donors (Lipinski definition) is 0. The second-order valence-electron chi connectivity index (χ2n) is 3.13. The number of rotatable bonds is 4. The lowest BCUT2D eigenvalue weighted by molar-refractivity contribution is -0.173. The summed E-state index contributed by atoms with van der Waals surface area (Å²) in [6.07, 6.45) is 0. The first-order chi connectivity index (χ1) is 7.52. The van der Waals surface area contributed by atoms with E-state index in [2.05, 4.69) is 20.7 Å². The quantitative estimate of drug-likeness (QED) is 0.629. The molecule has 0 aliphatic rings. The molecule has 16 heavy (non-hydrogen) atoms. The molecule has 0 unspecified atom stereocenters. The molecule has 0 atom stereocenters.